The summed E-state index contributed by atoms with van der Waals surface area (Å²) in [5, 5.41) is 16.8. The van der Waals surface area contributed by atoms with E-state index in [1.54, 1.807) is 24.3 Å². The van der Waals surface area contributed by atoms with Crippen LogP contribution in [0.1, 0.15) is 5.56 Å². The van der Waals surface area contributed by atoms with Gasteiger partial charge >= 0.3 is 5.97 Å². The van der Waals surface area contributed by atoms with Crippen LogP contribution in [0, 0.1) is 11.3 Å². The first kappa shape index (κ1) is 11.8. The quantitative estimate of drug-likeness (QED) is 0.763. The number of benzene rings is 1. The standard InChI is InChI=1S/C12H11NO3/c13-8-7-10-3-5-11(6-4-10)16-9-1-2-12(14)15/h1-6H,7,9H2,(H,14,15). The maximum Gasteiger partial charge on any atom is 0.328 e. The number of ether oxygens (including phenoxy) is 1. The molecule has 4 nitrogen and oxygen atoms in total. The maximum absolute atomic E-state index is 10.2. The van der Waals surface area contributed by atoms with Crippen LogP contribution in [0.15, 0.2) is 36.4 Å². The van der Waals surface area contributed by atoms with E-state index >= 15 is 0 Å². The minimum absolute atomic E-state index is 0.212. The predicted molar refractivity (Wildman–Crippen MR) is 58.0 cm³/mol. The van der Waals surface area contributed by atoms with E-state index in [2.05, 4.69) is 6.07 Å². The van der Waals surface area contributed by atoms with Gasteiger partial charge in [0.05, 0.1) is 12.5 Å². The molecule has 0 saturated carbocycles. The number of hydrogen-bond donors (Lipinski definition) is 1. The lowest BCUT2D eigenvalue weighted by Gasteiger charge is -2.02. The molecule has 1 rings (SSSR count). The van der Waals surface area contributed by atoms with E-state index in [-0.39, 0.29) is 6.61 Å². The summed E-state index contributed by atoms with van der Waals surface area (Å²) in [6, 6.07) is 9.16. The van der Waals surface area contributed by atoms with Crippen molar-refractivity contribution in [1.82, 2.24) is 0 Å². The van der Waals surface area contributed by atoms with Gasteiger partial charge in [-0.1, -0.05) is 12.1 Å². The van der Waals surface area contributed by atoms with Gasteiger partial charge in [0, 0.05) is 6.08 Å². The summed E-state index contributed by atoms with van der Waals surface area (Å²) < 4.78 is 5.26. The summed E-state index contributed by atoms with van der Waals surface area (Å²) in [6.07, 6.45) is 2.83. The molecule has 0 aliphatic carbocycles. The average molecular weight is 217 g/mol. The highest BCUT2D eigenvalue weighted by Crippen LogP contribution is 2.12. The van der Waals surface area contributed by atoms with E-state index in [4.69, 9.17) is 15.1 Å². The zero-order valence-electron chi connectivity index (χ0n) is 8.59. The van der Waals surface area contributed by atoms with Crippen LogP contribution in [0.4, 0.5) is 0 Å². The Labute approximate surface area is 93.4 Å². The second kappa shape index (κ2) is 6.25. The highest BCUT2D eigenvalue weighted by Gasteiger charge is 1.94. The van der Waals surface area contributed by atoms with Gasteiger partial charge in [-0.2, -0.15) is 5.26 Å². The number of nitriles is 1. The van der Waals surface area contributed by atoms with E-state index in [1.165, 1.54) is 6.08 Å². The van der Waals surface area contributed by atoms with Crippen molar-refractivity contribution < 1.29 is 14.6 Å². The third-order valence-corrected chi connectivity index (χ3v) is 1.81. The number of rotatable bonds is 5. The molecule has 16 heavy (non-hydrogen) atoms. The lowest BCUT2D eigenvalue weighted by Crippen LogP contribution is -1.95. The Morgan fingerprint density at radius 2 is 2.12 bits per heavy atom. The molecule has 0 atom stereocenters. The Kier molecular flexibility index (Phi) is 4.61. The monoisotopic (exact) mass is 217 g/mol. The van der Waals surface area contributed by atoms with Gasteiger partial charge in [-0.25, -0.2) is 4.79 Å². The summed E-state index contributed by atoms with van der Waals surface area (Å²) in [5.74, 6) is -0.343. The fourth-order valence-electron chi connectivity index (χ4n) is 1.09. The Morgan fingerprint density at radius 3 is 2.69 bits per heavy atom. The Morgan fingerprint density at radius 1 is 1.44 bits per heavy atom. The van der Waals surface area contributed by atoms with Crippen LogP contribution in [-0.2, 0) is 11.2 Å². The molecule has 0 bridgehead atoms. The third kappa shape index (κ3) is 4.29. The number of carboxylic acid groups (broad SMARTS) is 1. The minimum Gasteiger partial charge on any atom is -0.490 e. The minimum atomic E-state index is -0.993. The predicted octanol–water partition coefficient (Wildman–Crippen LogP) is 1.77. The molecule has 1 aromatic carbocycles. The molecular weight excluding hydrogens is 206 g/mol. The summed E-state index contributed by atoms with van der Waals surface area (Å²) >= 11 is 0. The van der Waals surface area contributed by atoms with E-state index in [0.717, 1.165) is 11.6 Å². The van der Waals surface area contributed by atoms with Crippen molar-refractivity contribution in [2.75, 3.05) is 6.61 Å². The third-order valence-electron chi connectivity index (χ3n) is 1.81. The lowest BCUT2D eigenvalue weighted by molar-refractivity contribution is -0.131. The van der Waals surface area contributed by atoms with E-state index in [0.29, 0.717) is 12.2 Å². The Hall–Kier alpha value is -2.28. The number of hydrogen-bond acceptors (Lipinski definition) is 3. The van der Waals surface area contributed by atoms with Crippen LogP contribution in [-0.4, -0.2) is 17.7 Å². The van der Waals surface area contributed by atoms with Gasteiger partial charge < -0.3 is 9.84 Å². The zero-order valence-corrected chi connectivity index (χ0v) is 8.59. The van der Waals surface area contributed by atoms with Crippen molar-refractivity contribution >= 4 is 5.97 Å². The van der Waals surface area contributed by atoms with Gasteiger partial charge in [0.2, 0.25) is 0 Å². The molecule has 4 heteroatoms. The molecule has 0 unspecified atom stereocenters. The Bertz CT molecular complexity index is 415. The molecule has 0 aliphatic rings. The van der Waals surface area contributed by atoms with Gasteiger partial charge in [-0.05, 0) is 23.8 Å². The van der Waals surface area contributed by atoms with Gasteiger partial charge in [-0.3, -0.25) is 0 Å². The average Bonchev–Trinajstić information content (AvgIpc) is 2.27. The van der Waals surface area contributed by atoms with Gasteiger partial charge in [-0.15, -0.1) is 0 Å². The smallest absolute Gasteiger partial charge is 0.328 e. The summed E-state index contributed by atoms with van der Waals surface area (Å²) in [4.78, 5) is 10.2. The first-order valence-electron chi connectivity index (χ1n) is 4.70. The second-order valence-corrected chi connectivity index (χ2v) is 3.03. The fourth-order valence-corrected chi connectivity index (χ4v) is 1.09. The molecule has 0 spiro atoms. The molecule has 82 valence electrons. The molecular formula is C12H11NO3. The fraction of sp³-hybridized carbons (Fsp3) is 0.167. The molecule has 0 radical (unpaired) electrons. The van der Waals surface area contributed by atoms with E-state index < -0.39 is 5.97 Å². The summed E-state index contributed by atoms with van der Waals surface area (Å²) in [5.41, 5.74) is 0.927. The van der Waals surface area contributed by atoms with E-state index in [9.17, 15) is 4.79 Å². The summed E-state index contributed by atoms with van der Waals surface area (Å²) in [7, 11) is 0. The topological polar surface area (TPSA) is 70.3 Å². The largest absolute Gasteiger partial charge is 0.490 e. The molecule has 1 aromatic rings. The molecule has 1 N–H and O–H groups in total. The number of carbonyl (C=O) groups is 1. The molecule has 0 fully saturated rings. The van der Waals surface area contributed by atoms with Gasteiger partial charge in [0.25, 0.3) is 0 Å². The number of carboxylic acids is 1. The van der Waals surface area contributed by atoms with Crippen LogP contribution in [0.25, 0.3) is 0 Å². The van der Waals surface area contributed by atoms with Gasteiger partial charge in [0.1, 0.15) is 12.4 Å². The molecule has 0 saturated heterocycles. The van der Waals surface area contributed by atoms with E-state index in [1.807, 2.05) is 0 Å². The highest BCUT2D eigenvalue weighted by atomic mass is 16.5. The van der Waals surface area contributed by atoms with Crippen molar-refractivity contribution in [2.45, 2.75) is 6.42 Å². The number of nitrogens with zero attached hydrogens (tertiary/aromatic N) is 1. The normalized spacial score (nSPS) is 9.94. The number of aliphatic carboxylic acids is 1. The van der Waals surface area contributed by atoms with Crippen LogP contribution in [0.5, 0.6) is 5.75 Å². The van der Waals surface area contributed by atoms with Crippen LogP contribution in [0.3, 0.4) is 0 Å². The first-order chi connectivity index (χ1) is 7.72. The molecule has 0 aromatic heterocycles. The van der Waals surface area contributed by atoms with Crippen molar-refractivity contribution in [3.05, 3.63) is 42.0 Å². The molecule has 0 aliphatic heterocycles. The molecule has 0 heterocycles. The van der Waals surface area contributed by atoms with Crippen LogP contribution in [0.2, 0.25) is 0 Å². The molecule has 0 amide bonds. The highest BCUT2D eigenvalue weighted by molar-refractivity contribution is 5.79. The summed E-state index contributed by atoms with van der Waals surface area (Å²) in [6.45, 7) is 0.212. The Balaban J connectivity index is 2.44. The SMILES string of the molecule is N#CCc1ccc(OCC=CC(=O)O)cc1. The van der Waals surface area contributed by atoms with Crippen molar-refractivity contribution in [3.8, 4) is 11.8 Å². The van der Waals surface area contributed by atoms with Crippen LogP contribution >= 0.6 is 0 Å². The van der Waals surface area contributed by atoms with Crippen molar-refractivity contribution in [2.24, 2.45) is 0 Å². The van der Waals surface area contributed by atoms with Gasteiger partial charge in [0.15, 0.2) is 0 Å². The van der Waals surface area contributed by atoms with Crippen LogP contribution < -0.4 is 4.74 Å². The maximum atomic E-state index is 10.2. The first-order valence-corrected chi connectivity index (χ1v) is 4.70. The van der Waals surface area contributed by atoms with Crippen molar-refractivity contribution in [1.29, 1.82) is 5.26 Å². The lowest BCUT2D eigenvalue weighted by atomic mass is 10.2. The zero-order chi connectivity index (χ0) is 11.8. The van der Waals surface area contributed by atoms with Crippen molar-refractivity contribution in [3.63, 3.8) is 0 Å². The second-order valence-electron chi connectivity index (χ2n) is 3.03.